The van der Waals surface area contributed by atoms with Crippen LogP contribution in [-0.2, 0) is 11.3 Å². The number of carbonyl (C=O) groups excluding carboxylic acids is 2. The second-order valence-corrected chi connectivity index (χ2v) is 8.22. The van der Waals surface area contributed by atoms with E-state index in [4.69, 9.17) is 18.9 Å². The summed E-state index contributed by atoms with van der Waals surface area (Å²) >= 11 is 1.21. The van der Waals surface area contributed by atoms with Gasteiger partial charge in [-0.1, -0.05) is 0 Å². The number of rotatable bonds is 8. The van der Waals surface area contributed by atoms with Crippen LogP contribution in [0, 0.1) is 6.92 Å². The van der Waals surface area contributed by atoms with Crippen LogP contribution in [0.1, 0.15) is 31.4 Å². The molecule has 33 heavy (non-hydrogen) atoms. The molecule has 2 amide bonds. The first-order chi connectivity index (χ1) is 15.7. The Kier molecular flexibility index (Phi) is 7.34. The predicted octanol–water partition coefficient (Wildman–Crippen LogP) is 3.13. The minimum Gasteiger partial charge on any atom is -0.493 e. The second kappa shape index (κ2) is 10.0. The average molecular weight is 475 g/mol. The minimum atomic E-state index is -0.397. The molecule has 3 rings (SSSR count). The molecule has 0 saturated carbocycles. The first-order valence-electron chi connectivity index (χ1n) is 9.87. The highest BCUT2D eigenvalue weighted by Gasteiger charge is 2.24. The molecule has 11 heteroatoms. The van der Waals surface area contributed by atoms with Crippen LogP contribution >= 0.6 is 11.3 Å². The van der Waals surface area contributed by atoms with Gasteiger partial charge in [0.15, 0.2) is 17.3 Å². The zero-order chi connectivity index (χ0) is 24.3. The number of nitrogens with one attached hydrogen (secondary N) is 1. The van der Waals surface area contributed by atoms with Gasteiger partial charge in [-0.25, -0.2) is 4.98 Å². The van der Waals surface area contributed by atoms with E-state index in [1.807, 2.05) is 0 Å². The van der Waals surface area contributed by atoms with Gasteiger partial charge in [0.1, 0.15) is 11.4 Å². The standard InChI is InChI=1S/C22H26N4O6S/c1-11-17-20(32-7)24-16(10-29-4)25-21(17)33-18(11)19(27)23-13-9-15(31-6)14(30-5)8-12(13)22(28)26(2)3/h8-9H,10H2,1-7H3,(H,23,27). The zero-order valence-electron chi connectivity index (χ0n) is 19.6. The fourth-order valence-corrected chi connectivity index (χ4v) is 4.37. The van der Waals surface area contributed by atoms with Crippen molar-refractivity contribution < 1.29 is 28.5 Å². The number of anilines is 1. The molecule has 0 bridgehead atoms. The van der Waals surface area contributed by atoms with E-state index in [2.05, 4.69) is 15.3 Å². The summed E-state index contributed by atoms with van der Waals surface area (Å²) < 4.78 is 21.2. The Morgan fingerprint density at radius 2 is 1.70 bits per heavy atom. The summed E-state index contributed by atoms with van der Waals surface area (Å²) in [6.45, 7) is 2.02. The van der Waals surface area contributed by atoms with Crippen molar-refractivity contribution in [1.29, 1.82) is 0 Å². The Morgan fingerprint density at radius 1 is 1.03 bits per heavy atom. The van der Waals surface area contributed by atoms with Crippen molar-refractivity contribution in [3.8, 4) is 17.4 Å². The molecule has 0 unspecified atom stereocenters. The van der Waals surface area contributed by atoms with Gasteiger partial charge in [-0.15, -0.1) is 11.3 Å². The molecule has 0 saturated heterocycles. The van der Waals surface area contributed by atoms with Crippen molar-refractivity contribution >= 4 is 39.1 Å². The molecule has 0 aliphatic rings. The lowest BCUT2D eigenvalue weighted by molar-refractivity contribution is 0.0828. The number of nitrogens with zero attached hydrogens (tertiary/aromatic N) is 3. The summed E-state index contributed by atoms with van der Waals surface area (Å²) in [5.41, 5.74) is 1.24. The molecule has 3 aromatic rings. The summed E-state index contributed by atoms with van der Waals surface area (Å²) in [6, 6.07) is 3.10. The van der Waals surface area contributed by atoms with Crippen molar-refractivity contribution in [2.45, 2.75) is 13.5 Å². The number of thiophene rings is 1. The molecule has 0 aliphatic heterocycles. The lowest BCUT2D eigenvalue weighted by Gasteiger charge is -2.17. The normalized spacial score (nSPS) is 10.8. The third-order valence-corrected chi connectivity index (χ3v) is 6.07. The molecule has 0 aliphatic carbocycles. The predicted molar refractivity (Wildman–Crippen MR) is 125 cm³/mol. The molecule has 1 aromatic carbocycles. The van der Waals surface area contributed by atoms with E-state index in [9.17, 15) is 9.59 Å². The fourth-order valence-electron chi connectivity index (χ4n) is 3.28. The number of aryl methyl sites for hydroxylation is 1. The maximum absolute atomic E-state index is 13.3. The highest BCUT2D eigenvalue weighted by molar-refractivity contribution is 7.20. The quantitative estimate of drug-likeness (QED) is 0.530. The van der Waals surface area contributed by atoms with E-state index in [1.165, 1.54) is 37.6 Å². The van der Waals surface area contributed by atoms with Crippen molar-refractivity contribution in [3.63, 3.8) is 0 Å². The Bertz CT molecular complexity index is 1210. The first kappa shape index (κ1) is 24.2. The van der Waals surface area contributed by atoms with Crippen LogP contribution in [0.5, 0.6) is 17.4 Å². The third-order valence-electron chi connectivity index (χ3n) is 4.88. The van der Waals surface area contributed by atoms with Crippen LogP contribution in [0.3, 0.4) is 0 Å². The number of fused-ring (bicyclic) bond motifs is 1. The van der Waals surface area contributed by atoms with Crippen molar-refractivity contribution in [2.24, 2.45) is 0 Å². The number of methoxy groups -OCH3 is 4. The Morgan fingerprint density at radius 3 is 2.27 bits per heavy atom. The Labute approximate surface area is 195 Å². The minimum absolute atomic E-state index is 0.215. The summed E-state index contributed by atoms with van der Waals surface area (Å²) in [4.78, 5) is 37.4. The number of hydrogen-bond acceptors (Lipinski definition) is 9. The molecular formula is C22H26N4O6S. The highest BCUT2D eigenvalue weighted by atomic mass is 32.1. The summed E-state index contributed by atoms with van der Waals surface area (Å²) in [5, 5.41) is 3.50. The van der Waals surface area contributed by atoms with Gasteiger partial charge in [-0.3, -0.25) is 9.59 Å². The smallest absolute Gasteiger partial charge is 0.266 e. The van der Waals surface area contributed by atoms with Gasteiger partial charge < -0.3 is 29.2 Å². The van der Waals surface area contributed by atoms with Crippen LogP contribution in [-0.4, -0.2) is 69.2 Å². The van der Waals surface area contributed by atoms with E-state index >= 15 is 0 Å². The number of benzene rings is 1. The number of hydrogen-bond donors (Lipinski definition) is 1. The second-order valence-electron chi connectivity index (χ2n) is 7.22. The monoisotopic (exact) mass is 474 g/mol. The van der Waals surface area contributed by atoms with Crippen LogP contribution < -0.4 is 19.5 Å². The topological polar surface area (TPSA) is 112 Å². The van der Waals surface area contributed by atoms with E-state index in [0.717, 1.165) is 0 Å². The number of carbonyl (C=O) groups is 2. The van der Waals surface area contributed by atoms with Crippen LogP contribution in [0.2, 0.25) is 0 Å². The largest absolute Gasteiger partial charge is 0.493 e. The first-order valence-corrected chi connectivity index (χ1v) is 10.7. The Balaban J connectivity index is 2.08. The summed E-state index contributed by atoms with van der Waals surface area (Å²) in [7, 11) is 9.28. The van der Waals surface area contributed by atoms with Gasteiger partial charge >= 0.3 is 0 Å². The molecule has 2 heterocycles. The number of amides is 2. The van der Waals surface area contributed by atoms with Crippen molar-refractivity contribution in [1.82, 2.24) is 14.9 Å². The molecule has 1 N–H and O–H groups in total. The molecule has 0 atom stereocenters. The van der Waals surface area contributed by atoms with E-state index in [-0.39, 0.29) is 18.1 Å². The molecule has 0 radical (unpaired) electrons. The van der Waals surface area contributed by atoms with Gasteiger partial charge in [0.25, 0.3) is 11.8 Å². The van der Waals surface area contributed by atoms with Gasteiger partial charge in [0.2, 0.25) is 5.88 Å². The average Bonchev–Trinajstić information content (AvgIpc) is 3.14. The van der Waals surface area contributed by atoms with E-state index in [1.54, 1.807) is 40.3 Å². The van der Waals surface area contributed by atoms with Crippen molar-refractivity contribution in [3.05, 3.63) is 34.0 Å². The maximum atomic E-state index is 13.3. The Hall–Kier alpha value is -3.44. The number of aromatic nitrogens is 2. The van der Waals surface area contributed by atoms with Gasteiger partial charge in [-0.2, -0.15) is 4.98 Å². The molecule has 0 fully saturated rings. The molecule has 176 valence electrons. The van der Waals surface area contributed by atoms with Gasteiger partial charge in [-0.05, 0) is 18.6 Å². The fraction of sp³-hybridized carbons (Fsp3) is 0.364. The molecule has 2 aromatic heterocycles. The molecule has 0 spiro atoms. The lowest BCUT2D eigenvalue weighted by atomic mass is 10.1. The van der Waals surface area contributed by atoms with E-state index in [0.29, 0.717) is 49.5 Å². The third kappa shape index (κ3) is 4.69. The lowest BCUT2D eigenvalue weighted by Crippen LogP contribution is -2.24. The highest BCUT2D eigenvalue weighted by Crippen LogP contribution is 2.37. The summed E-state index contributed by atoms with van der Waals surface area (Å²) in [6.07, 6.45) is 0. The van der Waals surface area contributed by atoms with Crippen LogP contribution in [0.15, 0.2) is 12.1 Å². The van der Waals surface area contributed by atoms with Crippen LogP contribution in [0.25, 0.3) is 10.2 Å². The van der Waals surface area contributed by atoms with Gasteiger partial charge in [0.05, 0.1) is 42.8 Å². The molecular weight excluding hydrogens is 448 g/mol. The SMILES string of the molecule is COCc1nc(OC)c2c(C)c(C(=O)Nc3cc(OC)c(OC)cc3C(=O)N(C)C)sc2n1. The molecule has 10 nitrogen and oxygen atoms in total. The number of ether oxygens (including phenoxy) is 4. The van der Waals surface area contributed by atoms with Crippen molar-refractivity contribution in [2.75, 3.05) is 47.9 Å². The van der Waals surface area contributed by atoms with Gasteiger partial charge in [0, 0.05) is 27.3 Å². The van der Waals surface area contributed by atoms with Crippen LogP contribution in [0.4, 0.5) is 5.69 Å². The van der Waals surface area contributed by atoms with E-state index < -0.39 is 5.91 Å². The zero-order valence-corrected chi connectivity index (χ0v) is 20.4. The maximum Gasteiger partial charge on any atom is 0.266 e. The summed E-state index contributed by atoms with van der Waals surface area (Å²) in [5.74, 6) is 0.891.